The molecule has 1 aliphatic heterocycles. The molecule has 1 aromatic carbocycles. The molecule has 6 heteroatoms. The molecule has 2 fully saturated rings. The minimum absolute atomic E-state index is 0.00805. The molecule has 0 spiro atoms. The molecule has 1 amide bonds. The third-order valence-corrected chi connectivity index (χ3v) is 7.25. The van der Waals surface area contributed by atoms with Crippen molar-refractivity contribution in [1.82, 2.24) is 10.3 Å². The zero-order valence-corrected chi connectivity index (χ0v) is 19.6. The molecule has 2 aromatic rings. The summed E-state index contributed by atoms with van der Waals surface area (Å²) in [6.07, 6.45) is 10.6. The van der Waals surface area contributed by atoms with Crippen LogP contribution in [0.5, 0.6) is 0 Å². The summed E-state index contributed by atoms with van der Waals surface area (Å²) < 4.78 is 0. The number of aryl methyl sites for hydroxylation is 1. The summed E-state index contributed by atoms with van der Waals surface area (Å²) in [6, 6.07) is 9.96. The number of rotatable bonds is 6. The van der Waals surface area contributed by atoms with Gasteiger partial charge in [-0.1, -0.05) is 37.8 Å². The van der Waals surface area contributed by atoms with Crippen LogP contribution < -0.4 is 10.2 Å². The molecule has 2 aliphatic rings. The van der Waals surface area contributed by atoms with Crippen molar-refractivity contribution in [2.24, 2.45) is 11.8 Å². The lowest BCUT2D eigenvalue weighted by molar-refractivity contribution is -0.142. The summed E-state index contributed by atoms with van der Waals surface area (Å²) in [5, 5.41) is 12.5. The molecule has 1 saturated carbocycles. The van der Waals surface area contributed by atoms with Gasteiger partial charge in [-0.2, -0.15) is 0 Å². The van der Waals surface area contributed by atoms with E-state index in [4.69, 9.17) is 0 Å². The smallest absolute Gasteiger partial charge is 0.306 e. The van der Waals surface area contributed by atoms with Gasteiger partial charge in [-0.05, 0) is 67.9 Å². The van der Waals surface area contributed by atoms with E-state index in [9.17, 15) is 14.7 Å². The third-order valence-electron chi connectivity index (χ3n) is 7.25. The summed E-state index contributed by atoms with van der Waals surface area (Å²) in [7, 11) is 0. The van der Waals surface area contributed by atoms with Gasteiger partial charge in [-0.25, -0.2) is 4.98 Å². The average Bonchev–Trinajstić information content (AvgIpc) is 3.12. The van der Waals surface area contributed by atoms with E-state index in [0.717, 1.165) is 29.1 Å². The molecule has 1 saturated heterocycles. The molecule has 1 aliphatic carbocycles. The topological polar surface area (TPSA) is 82.5 Å². The van der Waals surface area contributed by atoms with Crippen LogP contribution in [0.3, 0.4) is 0 Å². The van der Waals surface area contributed by atoms with Crippen molar-refractivity contribution < 1.29 is 14.7 Å². The molecule has 1 aromatic heterocycles. The molecule has 2 heterocycles. The zero-order chi connectivity index (χ0) is 23.2. The van der Waals surface area contributed by atoms with Crippen LogP contribution in [0, 0.1) is 18.8 Å². The van der Waals surface area contributed by atoms with E-state index in [1.54, 1.807) is 6.20 Å². The number of nitrogens with one attached hydrogen (secondary N) is 1. The number of benzene rings is 1. The second-order valence-electron chi connectivity index (χ2n) is 9.57. The molecule has 176 valence electrons. The maximum Gasteiger partial charge on any atom is 0.306 e. The number of nitrogens with zero attached hydrogens (tertiary/aromatic N) is 2. The Morgan fingerprint density at radius 1 is 1.06 bits per heavy atom. The Morgan fingerprint density at radius 3 is 2.48 bits per heavy atom. The van der Waals surface area contributed by atoms with Crippen molar-refractivity contribution in [3.63, 3.8) is 0 Å². The molecule has 33 heavy (non-hydrogen) atoms. The summed E-state index contributed by atoms with van der Waals surface area (Å²) in [5.74, 6) is 0.436. The summed E-state index contributed by atoms with van der Waals surface area (Å²) in [5.41, 5.74) is 3.61. The minimum Gasteiger partial charge on any atom is -0.481 e. The van der Waals surface area contributed by atoms with Crippen molar-refractivity contribution in [3.05, 3.63) is 47.7 Å². The first-order valence-electron chi connectivity index (χ1n) is 12.3. The highest BCUT2D eigenvalue weighted by atomic mass is 16.4. The van der Waals surface area contributed by atoms with Gasteiger partial charge in [0.1, 0.15) is 5.82 Å². The molecular weight excluding hydrogens is 414 g/mol. The zero-order valence-electron chi connectivity index (χ0n) is 19.6. The number of carbonyl (C=O) groups excluding carboxylic acids is 1. The summed E-state index contributed by atoms with van der Waals surface area (Å²) in [4.78, 5) is 31.2. The summed E-state index contributed by atoms with van der Waals surface area (Å²) in [6.45, 7) is 4.06. The van der Waals surface area contributed by atoms with Gasteiger partial charge >= 0.3 is 5.97 Å². The van der Waals surface area contributed by atoms with E-state index in [1.165, 1.54) is 38.5 Å². The first kappa shape index (κ1) is 23.3. The van der Waals surface area contributed by atoms with E-state index in [2.05, 4.69) is 15.2 Å². The number of amides is 1. The largest absolute Gasteiger partial charge is 0.481 e. The molecule has 0 radical (unpaired) electrons. The molecule has 6 nitrogen and oxygen atoms in total. The van der Waals surface area contributed by atoms with Gasteiger partial charge in [-0.3, -0.25) is 9.59 Å². The number of hydrogen-bond acceptors (Lipinski definition) is 4. The Morgan fingerprint density at radius 2 is 1.79 bits per heavy atom. The van der Waals surface area contributed by atoms with Gasteiger partial charge in [0.25, 0.3) is 5.91 Å². The number of aliphatic carboxylic acids is 1. The lowest BCUT2D eigenvalue weighted by Crippen LogP contribution is -2.37. The third kappa shape index (κ3) is 5.73. The Kier molecular flexibility index (Phi) is 7.63. The van der Waals surface area contributed by atoms with E-state index in [-0.39, 0.29) is 11.8 Å². The standard InChI is InChI=1S/C27H35N3O3/c1-19-10-11-22(17-24(19)26(31)29-18-20-7-4-2-3-5-8-20)23-9-6-14-28-25(23)30-15-12-21(13-16-30)27(32)33/h6,9-11,14,17,20-21H,2-5,7-8,12-13,15-16,18H2,1H3,(H,29,31)(H,32,33). The highest BCUT2D eigenvalue weighted by Crippen LogP contribution is 2.32. The quantitative estimate of drug-likeness (QED) is 0.603. The van der Waals surface area contributed by atoms with Crippen molar-refractivity contribution >= 4 is 17.7 Å². The highest BCUT2D eigenvalue weighted by Gasteiger charge is 2.26. The van der Waals surface area contributed by atoms with E-state index < -0.39 is 5.97 Å². The lowest BCUT2D eigenvalue weighted by Gasteiger charge is -2.32. The van der Waals surface area contributed by atoms with Gasteiger partial charge in [0.05, 0.1) is 5.92 Å². The summed E-state index contributed by atoms with van der Waals surface area (Å²) >= 11 is 0. The Balaban J connectivity index is 1.50. The van der Waals surface area contributed by atoms with Crippen LogP contribution in [0.4, 0.5) is 5.82 Å². The van der Waals surface area contributed by atoms with Crippen LogP contribution in [0.25, 0.3) is 11.1 Å². The number of piperidine rings is 1. The fraction of sp³-hybridized carbons (Fsp3) is 0.519. The maximum absolute atomic E-state index is 13.1. The van der Waals surface area contributed by atoms with Crippen molar-refractivity contribution in [2.75, 3.05) is 24.5 Å². The second-order valence-corrected chi connectivity index (χ2v) is 9.57. The predicted octanol–water partition coefficient (Wildman–Crippen LogP) is 5.06. The van der Waals surface area contributed by atoms with Gasteiger partial charge in [0.2, 0.25) is 0 Å². The maximum atomic E-state index is 13.1. The molecule has 4 rings (SSSR count). The first-order valence-corrected chi connectivity index (χ1v) is 12.3. The van der Waals surface area contributed by atoms with Gasteiger partial charge < -0.3 is 15.3 Å². The van der Waals surface area contributed by atoms with E-state index in [1.807, 2.05) is 37.3 Å². The van der Waals surface area contributed by atoms with Crippen molar-refractivity contribution in [1.29, 1.82) is 0 Å². The number of anilines is 1. The fourth-order valence-electron chi connectivity index (χ4n) is 5.15. The van der Waals surface area contributed by atoms with Gasteiger partial charge in [0, 0.05) is 37.0 Å². The second kappa shape index (κ2) is 10.8. The Bertz CT molecular complexity index is 974. The monoisotopic (exact) mass is 449 g/mol. The van der Waals surface area contributed by atoms with E-state index in [0.29, 0.717) is 37.4 Å². The molecule has 0 unspecified atom stereocenters. The van der Waals surface area contributed by atoms with Crippen LogP contribution in [-0.2, 0) is 4.79 Å². The van der Waals surface area contributed by atoms with Crippen LogP contribution in [-0.4, -0.2) is 41.6 Å². The van der Waals surface area contributed by atoms with Crippen LogP contribution in [0.2, 0.25) is 0 Å². The Hall–Kier alpha value is -2.89. The molecule has 0 bridgehead atoms. The number of carboxylic acid groups (broad SMARTS) is 1. The number of carbonyl (C=O) groups is 2. The van der Waals surface area contributed by atoms with E-state index >= 15 is 0 Å². The number of carboxylic acids is 1. The van der Waals surface area contributed by atoms with Crippen molar-refractivity contribution in [2.45, 2.75) is 58.3 Å². The molecule has 0 atom stereocenters. The molecular formula is C27H35N3O3. The Labute approximate surface area is 196 Å². The van der Waals surface area contributed by atoms with Gasteiger partial charge in [-0.15, -0.1) is 0 Å². The minimum atomic E-state index is -0.714. The molecule has 2 N–H and O–H groups in total. The number of pyridine rings is 1. The number of hydrogen-bond donors (Lipinski definition) is 2. The van der Waals surface area contributed by atoms with Crippen molar-refractivity contribution in [3.8, 4) is 11.1 Å². The lowest BCUT2D eigenvalue weighted by atomic mass is 9.95. The fourth-order valence-corrected chi connectivity index (χ4v) is 5.15. The van der Waals surface area contributed by atoms with Crippen LogP contribution in [0.15, 0.2) is 36.5 Å². The number of aromatic nitrogens is 1. The first-order chi connectivity index (χ1) is 16.0. The predicted molar refractivity (Wildman–Crippen MR) is 131 cm³/mol. The van der Waals surface area contributed by atoms with Crippen LogP contribution in [0.1, 0.15) is 67.3 Å². The van der Waals surface area contributed by atoms with Gasteiger partial charge in [0.15, 0.2) is 0 Å². The highest BCUT2D eigenvalue weighted by molar-refractivity contribution is 5.97. The average molecular weight is 450 g/mol. The SMILES string of the molecule is Cc1ccc(-c2cccnc2N2CCC(C(=O)O)CC2)cc1C(=O)NCC1CCCCCC1. The van der Waals surface area contributed by atoms with Crippen LogP contribution >= 0.6 is 0 Å². The normalized spacial score (nSPS) is 18.0.